The summed E-state index contributed by atoms with van der Waals surface area (Å²) in [7, 11) is 0. The van der Waals surface area contributed by atoms with Crippen LogP contribution in [0.2, 0.25) is 0 Å². The van der Waals surface area contributed by atoms with E-state index in [1.807, 2.05) is 29.2 Å². The van der Waals surface area contributed by atoms with Gasteiger partial charge in [0.2, 0.25) is 11.9 Å². The molecule has 4 heterocycles. The molecule has 2 aromatic rings. The van der Waals surface area contributed by atoms with Crippen LogP contribution < -0.4 is 15.8 Å². The molecular formula is C24H27N5O4. The van der Waals surface area contributed by atoms with Gasteiger partial charge in [-0.3, -0.25) is 14.6 Å². The molecule has 5 rings (SSSR count). The van der Waals surface area contributed by atoms with Crippen molar-refractivity contribution in [3.05, 3.63) is 51.3 Å². The molecule has 9 heteroatoms. The van der Waals surface area contributed by atoms with Crippen LogP contribution in [-0.2, 0) is 14.3 Å². The van der Waals surface area contributed by atoms with Gasteiger partial charge in [0.1, 0.15) is 11.7 Å². The number of carbonyl (C=O) groups is 1. The number of nitrogens with one attached hydrogen (secondary N) is 2. The molecule has 0 radical (unpaired) electrons. The molecule has 3 aliphatic rings. The van der Waals surface area contributed by atoms with Gasteiger partial charge in [0, 0.05) is 31.8 Å². The lowest BCUT2D eigenvalue weighted by Gasteiger charge is -2.38. The predicted octanol–water partition coefficient (Wildman–Crippen LogP) is 2.46. The molecule has 2 atom stereocenters. The predicted molar refractivity (Wildman–Crippen MR) is 121 cm³/mol. The van der Waals surface area contributed by atoms with E-state index in [2.05, 4.69) is 35.2 Å². The monoisotopic (exact) mass is 449 g/mol. The number of fused-ring (bicyclic) bond motifs is 1. The summed E-state index contributed by atoms with van der Waals surface area (Å²) in [5.41, 5.74) is 1.87. The fraction of sp³-hybridized carbons (Fsp3) is 0.500. The van der Waals surface area contributed by atoms with Crippen LogP contribution in [-0.4, -0.2) is 48.0 Å². The van der Waals surface area contributed by atoms with Crippen LogP contribution in [0.3, 0.4) is 0 Å². The number of rotatable bonds is 3. The summed E-state index contributed by atoms with van der Waals surface area (Å²) in [5, 5.41) is 12.4. The molecule has 1 amide bonds. The Morgan fingerprint density at radius 2 is 1.82 bits per heavy atom. The lowest BCUT2D eigenvalue weighted by Crippen LogP contribution is -2.46. The highest BCUT2D eigenvalue weighted by atomic mass is 16.7. The van der Waals surface area contributed by atoms with E-state index in [0.29, 0.717) is 56.6 Å². The van der Waals surface area contributed by atoms with Crippen molar-refractivity contribution >= 4 is 17.7 Å². The van der Waals surface area contributed by atoms with Crippen LogP contribution in [0.1, 0.15) is 55.2 Å². The molecule has 172 valence electrons. The molecule has 2 fully saturated rings. The van der Waals surface area contributed by atoms with E-state index in [9.17, 15) is 14.9 Å². The summed E-state index contributed by atoms with van der Waals surface area (Å²) in [5.74, 6) is -1.71. The van der Waals surface area contributed by atoms with Gasteiger partial charge in [-0.05, 0) is 17.0 Å². The summed E-state index contributed by atoms with van der Waals surface area (Å²) in [6.07, 6.45) is 1.34. The summed E-state index contributed by atoms with van der Waals surface area (Å²) in [6, 6.07) is 9.83. The Morgan fingerprint density at radius 1 is 1.15 bits per heavy atom. The zero-order valence-corrected chi connectivity index (χ0v) is 18.8. The number of ether oxygens (including phenoxy) is 2. The fourth-order valence-corrected chi connectivity index (χ4v) is 4.94. The van der Waals surface area contributed by atoms with Crippen molar-refractivity contribution in [2.75, 3.05) is 36.5 Å². The number of nitriles is 1. The topological polar surface area (TPSA) is 120 Å². The minimum Gasteiger partial charge on any atom is -0.347 e. The van der Waals surface area contributed by atoms with Crippen LogP contribution in [0.15, 0.2) is 29.1 Å². The Morgan fingerprint density at radius 3 is 2.42 bits per heavy atom. The Balaban J connectivity index is 1.49. The molecule has 0 bridgehead atoms. The number of H-pyrrole nitrogens is 1. The normalized spacial score (nSPS) is 23.9. The number of hydrogen-bond donors (Lipinski definition) is 2. The number of aromatic amines is 1. The lowest BCUT2D eigenvalue weighted by molar-refractivity contribution is -0.169. The van der Waals surface area contributed by atoms with Crippen LogP contribution in [0.5, 0.6) is 0 Å². The smallest absolute Gasteiger partial charge is 0.258 e. The number of piperidine rings is 1. The molecule has 1 aromatic carbocycles. The van der Waals surface area contributed by atoms with Crippen molar-refractivity contribution in [1.29, 1.82) is 5.26 Å². The standard InChI is InChI=1S/C24H27N5O4/c1-14(2)15-3-5-16(6-4-15)18-17(13-25)21(30)26-20-19(18)22(31)28-23(27-20)29-9-7-24(8-10-29)32-11-12-33-24/h3-6,14,17-18H,7-12H2,1-2H3,(H2,26,27,28,30,31). The van der Waals surface area contributed by atoms with Crippen LogP contribution in [0, 0.1) is 17.2 Å². The second-order valence-electron chi connectivity index (χ2n) is 9.14. The van der Waals surface area contributed by atoms with Crippen LogP contribution in [0.4, 0.5) is 11.8 Å². The van der Waals surface area contributed by atoms with Gasteiger partial charge in [0.15, 0.2) is 5.79 Å². The zero-order chi connectivity index (χ0) is 23.2. The molecule has 3 aliphatic heterocycles. The molecule has 0 aliphatic carbocycles. The van der Waals surface area contributed by atoms with Crippen molar-refractivity contribution in [3.63, 3.8) is 0 Å². The van der Waals surface area contributed by atoms with Crippen molar-refractivity contribution in [2.24, 2.45) is 5.92 Å². The van der Waals surface area contributed by atoms with Crippen LogP contribution in [0.25, 0.3) is 0 Å². The Kier molecular flexibility index (Phi) is 5.43. The Labute approximate surface area is 191 Å². The quantitative estimate of drug-likeness (QED) is 0.738. The molecule has 2 unspecified atom stereocenters. The maximum atomic E-state index is 13.3. The van der Waals surface area contributed by atoms with Gasteiger partial charge in [-0.1, -0.05) is 38.1 Å². The summed E-state index contributed by atoms with van der Waals surface area (Å²) in [4.78, 5) is 35.5. The second-order valence-corrected chi connectivity index (χ2v) is 9.14. The van der Waals surface area contributed by atoms with Gasteiger partial charge in [-0.15, -0.1) is 0 Å². The third-order valence-corrected chi connectivity index (χ3v) is 6.85. The highest BCUT2D eigenvalue weighted by molar-refractivity contribution is 5.98. The van der Waals surface area contributed by atoms with Crippen LogP contribution >= 0.6 is 0 Å². The largest absolute Gasteiger partial charge is 0.347 e. The summed E-state index contributed by atoms with van der Waals surface area (Å²) < 4.78 is 11.6. The van der Waals surface area contributed by atoms with E-state index in [4.69, 9.17) is 9.47 Å². The molecule has 33 heavy (non-hydrogen) atoms. The van der Waals surface area contributed by atoms with Gasteiger partial charge in [-0.25, -0.2) is 0 Å². The van der Waals surface area contributed by atoms with Crippen molar-refractivity contribution in [2.45, 2.75) is 44.3 Å². The lowest BCUT2D eigenvalue weighted by atomic mass is 9.79. The molecule has 1 aromatic heterocycles. The van der Waals surface area contributed by atoms with E-state index in [0.717, 1.165) is 11.1 Å². The van der Waals surface area contributed by atoms with Gasteiger partial charge in [0.25, 0.3) is 5.56 Å². The Bertz CT molecular complexity index is 1150. The molecular weight excluding hydrogens is 422 g/mol. The third kappa shape index (κ3) is 3.79. The number of amides is 1. The zero-order valence-electron chi connectivity index (χ0n) is 18.8. The van der Waals surface area contributed by atoms with Gasteiger partial charge < -0.3 is 19.7 Å². The van der Waals surface area contributed by atoms with Gasteiger partial charge >= 0.3 is 0 Å². The van der Waals surface area contributed by atoms with E-state index in [-0.39, 0.29) is 11.4 Å². The maximum absolute atomic E-state index is 13.3. The first-order chi connectivity index (χ1) is 15.9. The van der Waals surface area contributed by atoms with E-state index < -0.39 is 23.5 Å². The number of nitrogens with zero attached hydrogens (tertiary/aromatic N) is 3. The average molecular weight is 450 g/mol. The van der Waals surface area contributed by atoms with Crippen molar-refractivity contribution in [1.82, 2.24) is 9.97 Å². The molecule has 9 nitrogen and oxygen atoms in total. The molecule has 0 saturated carbocycles. The first-order valence-corrected chi connectivity index (χ1v) is 11.4. The average Bonchev–Trinajstić information content (AvgIpc) is 3.26. The molecule has 2 N–H and O–H groups in total. The number of anilines is 2. The Hall–Kier alpha value is -3.22. The van der Waals surface area contributed by atoms with Crippen molar-refractivity contribution in [3.8, 4) is 6.07 Å². The van der Waals surface area contributed by atoms with E-state index in [1.54, 1.807) is 0 Å². The summed E-state index contributed by atoms with van der Waals surface area (Å²) in [6.45, 7) is 6.60. The highest BCUT2D eigenvalue weighted by Gasteiger charge is 2.42. The molecule has 1 spiro atoms. The number of carbonyl (C=O) groups excluding carboxylic acids is 1. The third-order valence-electron chi connectivity index (χ3n) is 6.85. The SMILES string of the molecule is CC(C)c1ccc(C2c3c(nc(N4CCC5(CC4)OCCO5)[nH]c3=O)NC(=O)C2C#N)cc1. The van der Waals surface area contributed by atoms with Crippen molar-refractivity contribution < 1.29 is 14.3 Å². The number of benzene rings is 1. The first kappa shape index (κ1) is 21.6. The number of aromatic nitrogens is 2. The second kappa shape index (κ2) is 8.28. The fourth-order valence-electron chi connectivity index (χ4n) is 4.94. The molecule has 2 saturated heterocycles. The maximum Gasteiger partial charge on any atom is 0.258 e. The minimum absolute atomic E-state index is 0.219. The van der Waals surface area contributed by atoms with Gasteiger partial charge in [-0.2, -0.15) is 10.2 Å². The summed E-state index contributed by atoms with van der Waals surface area (Å²) >= 11 is 0. The van der Waals surface area contributed by atoms with E-state index in [1.165, 1.54) is 0 Å². The minimum atomic E-state index is -1.01. The van der Waals surface area contributed by atoms with E-state index >= 15 is 0 Å². The highest BCUT2D eigenvalue weighted by Crippen LogP contribution is 2.39. The number of hydrogen-bond acceptors (Lipinski definition) is 7. The first-order valence-electron chi connectivity index (χ1n) is 11.4. The van der Waals surface area contributed by atoms with Gasteiger partial charge in [0.05, 0.1) is 24.8 Å².